The second kappa shape index (κ2) is 9.09. The molecule has 2 rings (SSSR count). The van der Waals surface area contributed by atoms with Crippen molar-refractivity contribution in [1.82, 2.24) is 0 Å². The van der Waals surface area contributed by atoms with Crippen molar-refractivity contribution in [3.05, 3.63) is 12.7 Å². The lowest BCUT2D eigenvalue weighted by molar-refractivity contribution is -0.314. The molecule has 0 saturated carbocycles. The van der Waals surface area contributed by atoms with Gasteiger partial charge in [-0.1, -0.05) is 13.0 Å². The zero-order valence-electron chi connectivity index (χ0n) is 13.8. The van der Waals surface area contributed by atoms with Crippen LogP contribution in [0, 0.1) is 0 Å². The highest BCUT2D eigenvalue weighted by atomic mass is 32.2. The average molecular weight is 382 g/mol. The van der Waals surface area contributed by atoms with Gasteiger partial charge in [0.25, 0.3) is 0 Å². The fourth-order valence-corrected chi connectivity index (χ4v) is 4.04. The minimum atomic E-state index is -1.45. The van der Waals surface area contributed by atoms with Gasteiger partial charge < -0.3 is 44.8 Å². The standard InChI is InChI=1S/C15H26O9S/c1-3-4-22-14-13(11(20)9(18)7(5-16)23-14)24-15-12(21)10(19)8(17)6(2)25-15/h3,6-21H,1,4-5H2,2H3/t6-,7+,8+,9-,10+,11-,12-,13+,14+,15+/m0/s1. The van der Waals surface area contributed by atoms with E-state index in [2.05, 4.69) is 6.58 Å². The van der Waals surface area contributed by atoms with E-state index in [1.165, 1.54) is 6.08 Å². The van der Waals surface area contributed by atoms with Gasteiger partial charge >= 0.3 is 0 Å². The van der Waals surface area contributed by atoms with E-state index >= 15 is 0 Å². The lowest BCUT2D eigenvalue weighted by Gasteiger charge is -2.45. The van der Waals surface area contributed by atoms with Gasteiger partial charge in [-0.3, -0.25) is 0 Å². The minimum Gasteiger partial charge on any atom is -0.394 e. The van der Waals surface area contributed by atoms with Crippen molar-refractivity contribution < 1.29 is 44.8 Å². The van der Waals surface area contributed by atoms with Crippen molar-refractivity contribution in [1.29, 1.82) is 0 Å². The van der Waals surface area contributed by atoms with Crippen LogP contribution < -0.4 is 0 Å². The Balaban J connectivity index is 2.13. The molecule has 2 aliphatic rings. The molecule has 0 radical (unpaired) electrons. The van der Waals surface area contributed by atoms with Gasteiger partial charge in [-0.25, -0.2) is 0 Å². The zero-order valence-corrected chi connectivity index (χ0v) is 14.6. The first-order chi connectivity index (χ1) is 11.8. The zero-order chi connectivity index (χ0) is 18.7. The molecule has 6 N–H and O–H groups in total. The van der Waals surface area contributed by atoms with Crippen LogP contribution in [0.25, 0.3) is 0 Å². The van der Waals surface area contributed by atoms with Crippen LogP contribution >= 0.6 is 11.8 Å². The van der Waals surface area contributed by atoms with Gasteiger partial charge in [0.15, 0.2) is 6.29 Å². The summed E-state index contributed by atoms with van der Waals surface area (Å²) >= 11 is 1.08. The predicted molar refractivity (Wildman–Crippen MR) is 87.6 cm³/mol. The highest BCUT2D eigenvalue weighted by molar-refractivity contribution is 8.00. The van der Waals surface area contributed by atoms with Crippen molar-refractivity contribution >= 4 is 11.8 Å². The van der Waals surface area contributed by atoms with E-state index in [9.17, 15) is 30.6 Å². The maximum absolute atomic E-state index is 10.3. The van der Waals surface area contributed by atoms with Gasteiger partial charge in [0.05, 0.1) is 19.3 Å². The first kappa shape index (κ1) is 21.0. The number of ether oxygens (including phenoxy) is 3. The molecule has 0 bridgehead atoms. The van der Waals surface area contributed by atoms with Crippen LogP contribution in [-0.2, 0) is 14.2 Å². The van der Waals surface area contributed by atoms with Crippen LogP contribution in [0.2, 0.25) is 0 Å². The van der Waals surface area contributed by atoms with Crippen LogP contribution in [0.5, 0.6) is 0 Å². The van der Waals surface area contributed by atoms with E-state index in [1.54, 1.807) is 6.92 Å². The first-order valence-corrected chi connectivity index (χ1v) is 8.96. The summed E-state index contributed by atoms with van der Waals surface area (Å²) in [7, 11) is 0. The fourth-order valence-electron chi connectivity index (χ4n) is 2.78. The molecule has 2 heterocycles. The molecule has 0 aliphatic carbocycles. The number of aliphatic hydroxyl groups excluding tert-OH is 6. The van der Waals surface area contributed by atoms with Gasteiger partial charge in [-0.15, -0.1) is 18.3 Å². The lowest BCUT2D eigenvalue weighted by Crippen LogP contribution is -2.62. The molecular weight excluding hydrogens is 356 g/mol. The van der Waals surface area contributed by atoms with Crippen LogP contribution in [0.3, 0.4) is 0 Å². The molecular formula is C15H26O9S. The molecule has 146 valence electrons. The molecule has 2 aliphatic heterocycles. The van der Waals surface area contributed by atoms with E-state index in [1.807, 2.05) is 0 Å². The van der Waals surface area contributed by atoms with Crippen molar-refractivity contribution in [2.45, 2.75) is 66.6 Å². The summed E-state index contributed by atoms with van der Waals surface area (Å²) in [6, 6.07) is 0. The molecule has 25 heavy (non-hydrogen) atoms. The van der Waals surface area contributed by atoms with Crippen molar-refractivity contribution in [3.63, 3.8) is 0 Å². The predicted octanol–water partition coefficient (Wildman–Crippen LogP) is -2.44. The monoisotopic (exact) mass is 382 g/mol. The number of rotatable bonds is 6. The number of hydrogen-bond acceptors (Lipinski definition) is 10. The Hall–Kier alpha value is -0.270. The van der Waals surface area contributed by atoms with Gasteiger partial charge in [0.1, 0.15) is 42.1 Å². The minimum absolute atomic E-state index is 0.0730. The van der Waals surface area contributed by atoms with Gasteiger partial charge in [0.2, 0.25) is 0 Å². The van der Waals surface area contributed by atoms with Gasteiger partial charge in [0, 0.05) is 5.25 Å². The Labute approximate surface area is 149 Å². The summed E-state index contributed by atoms with van der Waals surface area (Å²) in [4.78, 5) is 0. The molecule has 2 fully saturated rings. The summed E-state index contributed by atoms with van der Waals surface area (Å²) in [5.74, 6) is 0. The molecule has 10 heteroatoms. The van der Waals surface area contributed by atoms with E-state index in [4.69, 9.17) is 14.2 Å². The Morgan fingerprint density at radius 1 is 1.04 bits per heavy atom. The number of hydrogen-bond donors (Lipinski definition) is 6. The molecule has 0 aromatic carbocycles. The Kier molecular flexibility index (Phi) is 7.65. The summed E-state index contributed by atoms with van der Waals surface area (Å²) in [5.41, 5.74) is -0.982. The lowest BCUT2D eigenvalue weighted by atomic mass is 9.99. The summed E-state index contributed by atoms with van der Waals surface area (Å²) in [6.07, 6.45) is -8.71. The number of thioether (sulfide) groups is 1. The largest absolute Gasteiger partial charge is 0.394 e. The molecule has 0 aromatic rings. The van der Waals surface area contributed by atoms with E-state index in [0.29, 0.717) is 0 Å². The fraction of sp³-hybridized carbons (Fsp3) is 0.867. The molecule has 9 nitrogen and oxygen atoms in total. The second-order valence-electron chi connectivity index (χ2n) is 6.11. The summed E-state index contributed by atoms with van der Waals surface area (Å²) < 4.78 is 16.5. The first-order valence-electron chi connectivity index (χ1n) is 8.01. The topological polar surface area (TPSA) is 149 Å². The highest BCUT2D eigenvalue weighted by Crippen LogP contribution is 2.36. The molecule has 0 amide bonds. The smallest absolute Gasteiger partial charge is 0.187 e. The second-order valence-corrected chi connectivity index (χ2v) is 7.59. The van der Waals surface area contributed by atoms with Crippen LogP contribution in [0.4, 0.5) is 0 Å². The van der Waals surface area contributed by atoms with Crippen LogP contribution in [0.15, 0.2) is 12.7 Å². The Bertz CT molecular complexity index is 439. The van der Waals surface area contributed by atoms with Gasteiger partial charge in [-0.05, 0) is 0 Å². The highest BCUT2D eigenvalue weighted by Gasteiger charge is 2.49. The van der Waals surface area contributed by atoms with Crippen molar-refractivity contribution in [2.24, 2.45) is 0 Å². The Morgan fingerprint density at radius 3 is 2.32 bits per heavy atom. The summed E-state index contributed by atoms with van der Waals surface area (Å²) in [6.45, 7) is 4.72. The number of aliphatic hydroxyl groups is 6. The van der Waals surface area contributed by atoms with Crippen molar-refractivity contribution in [3.8, 4) is 0 Å². The van der Waals surface area contributed by atoms with Crippen LogP contribution in [0.1, 0.15) is 6.92 Å². The quantitative estimate of drug-likeness (QED) is 0.274. The molecule has 0 aromatic heterocycles. The van der Waals surface area contributed by atoms with E-state index < -0.39 is 66.3 Å². The molecule has 10 atom stereocenters. The Morgan fingerprint density at radius 2 is 1.72 bits per heavy atom. The maximum atomic E-state index is 10.3. The average Bonchev–Trinajstić information content (AvgIpc) is 2.60. The molecule has 0 spiro atoms. The SMILES string of the molecule is C=CCO[C@@H]1O[C@H](CO)[C@H](O)[C@H](O)[C@H]1O[C@@H]1S[C@@H](C)[C@@H](O)[C@@H](O)[C@@H]1O. The van der Waals surface area contributed by atoms with Crippen molar-refractivity contribution in [2.75, 3.05) is 13.2 Å². The van der Waals surface area contributed by atoms with Gasteiger partial charge in [-0.2, -0.15) is 0 Å². The third-order valence-electron chi connectivity index (χ3n) is 4.30. The van der Waals surface area contributed by atoms with E-state index in [-0.39, 0.29) is 6.61 Å². The third kappa shape index (κ3) is 4.53. The molecule has 2 saturated heterocycles. The maximum Gasteiger partial charge on any atom is 0.187 e. The van der Waals surface area contributed by atoms with Crippen LogP contribution in [-0.4, -0.2) is 104 Å². The van der Waals surface area contributed by atoms with E-state index in [0.717, 1.165) is 11.8 Å². The third-order valence-corrected chi connectivity index (χ3v) is 5.67. The normalized spacial score (nSPS) is 48.3. The molecule has 0 unspecified atom stereocenters. The summed E-state index contributed by atoms with van der Waals surface area (Å²) in [5, 5.41) is 59.1.